The second-order valence-electron chi connectivity index (χ2n) is 12.0. The molecule has 2 aliphatic carbocycles. The van der Waals surface area contributed by atoms with Crippen LogP contribution in [-0.2, 0) is 10.3 Å². The summed E-state index contributed by atoms with van der Waals surface area (Å²) in [5.41, 5.74) is 6.43. The smallest absolute Gasteiger partial charge is 0.255 e. The lowest BCUT2D eigenvalue weighted by molar-refractivity contribution is -0.0807. The molecule has 2 heterocycles. The summed E-state index contributed by atoms with van der Waals surface area (Å²) >= 11 is 0. The lowest BCUT2D eigenvalue weighted by Gasteiger charge is -2.38. The molecule has 1 amide bonds. The second kappa shape index (κ2) is 10.9. The third kappa shape index (κ3) is 5.36. The molecular formula is C32H44N2O3. The Morgan fingerprint density at radius 1 is 0.946 bits per heavy atom. The Bertz CT molecular complexity index is 1130. The molecule has 200 valence electrons. The third-order valence-corrected chi connectivity index (χ3v) is 9.01. The molecule has 2 N–H and O–H groups in total. The van der Waals surface area contributed by atoms with Crippen LogP contribution in [0, 0.1) is 13.8 Å². The number of rotatable bonds is 4. The van der Waals surface area contributed by atoms with Crippen molar-refractivity contribution in [3.8, 4) is 11.1 Å². The first-order chi connectivity index (χ1) is 17.8. The van der Waals surface area contributed by atoms with Gasteiger partial charge in [0.25, 0.3) is 5.91 Å². The van der Waals surface area contributed by atoms with Crippen molar-refractivity contribution in [2.24, 2.45) is 0 Å². The maximum absolute atomic E-state index is 13.7. The Kier molecular flexibility index (Phi) is 7.76. The average Bonchev–Trinajstić information content (AvgIpc) is 2.91. The van der Waals surface area contributed by atoms with E-state index in [2.05, 4.69) is 51.2 Å². The first-order valence-electron chi connectivity index (χ1n) is 14.4. The fourth-order valence-corrected chi connectivity index (χ4v) is 6.90. The molecule has 0 aromatic heterocycles. The number of aliphatic hydroxyl groups is 1. The van der Waals surface area contributed by atoms with Crippen molar-refractivity contribution in [2.45, 2.75) is 116 Å². The van der Waals surface area contributed by atoms with Crippen molar-refractivity contribution < 1.29 is 14.6 Å². The summed E-state index contributed by atoms with van der Waals surface area (Å²) in [6.45, 7) is 8.68. The topological polar surface area (TPSA) is 61.8 Å². The number of nitrogens with zero attached hydrogens (tertiary/aromatic N) is 1. The van der Waals surface area contributed by atoms with Gasteiger partial charge in [0, 0.05) is 17.6 Å². The molecule has 2 aromatic rings. The number of hydrogen-bond donors (Lipinski definition) is 2. The molecule has 0 radical (unpaired) electrons. The minimum absolute atomic E-state index is 0.0628. The van der Waals surface area contributed by atoms with Gasteiger partial charge in [-0.3, -0.25) is 10.1 Å². The Balaban J connectivity index is 1.56. The third-order valence-electron chi connectivity index (χ3n) is 9.01. The summed E-state index contributed by atoms with van der Waals surface area (Å²) < 4.78 is 6.67. The van der Waals surface area contributed by atoms with E-state index in [1.165, 1.54) is 25.7 Å². The molecule has 6 rings (SSSR count). The Morgan fingerprint density at radius 2 is 1.59 bits per heavy atom. The van der Waals surface area contributed by atoms with Crippen LogP contribution in [0.3, 0.4) is 0 Å². The van der Waals surface area contributed by atoms with E-state index >= 15 is 0 Å². The van der Waals surface area contributed by atoms with E-state index in [9.17, 15) is 9.90 Å². The van der Waals surface area contributed by atoms with E-state index < -0.39 is 11.8 Å². The molecule has 1 atom stereocenters. The molecule has 37 heavy (non-hydrogen) atoms. The van der Waals surface area contributed by atoms with Crippen LogP contribution < -0.4 is 5.32 Å². The van der Waals surface area contributed by atoms with Gasteiger partial charge in [0.2, 0.25) is 0 Å². The van der Waals surface area contributed by atoms with E-state index in [1.807, 2.05) is 17.0 Å². The number of aliphatic hydroxyl groups excluding tert-OH is 1. The molecule has 4 aliphatic rings. The van der Waals surface area contributed by atoms with Crippen LogP contribution in [-0.4, -0.2) is 34.7 Å². The number of aryl methyl sites for hydroxylation is 1. The molecule has 5 nitrogen and oxygen atoms in total. The van der Waals surface area contributed by atoms with Crippen LogP contribution in [0.2, 0.25) is 0 Å². The molecule has 0 saturated heterocycles. The van der Waals surface area contributed by atoms with E-state index in [1.54, 1.807) is 0 Å². The quantitative estimate of drug-likeness (QED) is 0.446. The van der Waals surface area contributed by atoms with Gasteiger partial charge in [0.15, 0.2) is 0 Å². The van der Waals surface area contributed by atoms with Crippen molar-refractivity contribution in [3.63, 3.8) is 0 Å². The Morgan fingerprint density at radius 3 is 2.27 bits per heavy atom. The summed E-state index contributed by atoms with van der Waals surface area (Å²) in [4.78, 5) is 15.7. The maximum Gasteiger partial charge on any atom is 0.255 e. The van der Waals surface area contributed by atoms with Gasteiger partial charge in [0.05, 0.1) is 5.60 Å². The van der Waals surface area contributed by atoms with Gasteiger partial charge in [-0.25, -0.2) is 0 Å². The Labute approximate surface area is 222 Å². The van der Waals surface area contributed by atoms with Crippen LogP contribution in [0.5, 0.6) is 0 Å². The minimum Gasteiger partial charge on any atom is -0.374 e. The van der Waals surface area contributed by atoms with Crippen LogP contribution in [0.1, 0.15) is 117 Å². The number of amides is 1. The largest absolute Gasteiger partial charge is 0.374 e. The molecule has 2 aliphatic heterocycles. The van der Waals surface area contributed by atoms with Crippen LogP contribution in [0.15, 0.2) is 30.3 Å². The predicted octanol–water partition coefficient (Wildman–Crippen LogP) is 6.88. The van der Waals surface area contributed by atoms with Crippen LogP contribution in [0.4, 0.5) is 0 Å². The number of hydrogen-bond acceptors (Lipinski definition) is 4. The van der Waals surface area contributed by atoms with Crippen molar-refractivity contribution in [1.29, 1.82) is 0 Å². The van der Waals surface area contributed by atoms with E-state index in [0.717, 1.165) is 77.5 Å². The lowest BCUT2D eigenvalue weighted by atomic mass is 9.82. The first-order valence-corrected chi connectivity index (χ1v) is 14.4. The number of fused-ring (bicyclic) bond motifs is 6. The van der Waals surface area contributed by atoms with Gasteiger partial charge in [-0.2, -0.15) is 0 Å². The number of carbonyl (C=O) groups excluding carboxylic acids is 1. The summed E-state index contributed by atoms with van der Waals surface area (Å²) in [6.07, 6.45) is 10.9. The summed E-state index contributed by atoms with van der Waals surface area (Å²) in [5, 5.41) is 14.8. The molecule has 2 fully saturated rings. The highest BCUT2D eigenvalue weighted by Gasteiger charge is 2.34. The first kappa shape index (κ1) is 26.4. The molecular weight excluding hydrogens is 460 g/mol. The van der Waals surface area contributed by atoms with Gasteiger partial charge in [0.1, 0.15) is 13.0 Å². The van der Waals surface area contributed by atoms with E-state index in [-0.39, 0.29) is 18.7 Å². The zero-order valence-corrected chi connectivity index (χ0v) is 23.1. The lowest BCUT2D eigenvalue weighted by Crippen LogP contribution is -2.44. The summed E-state index contributed by atoms with van der Waals surface area (Å²) in [7, 11) is 0. The van der Waals surface area contributed by atoms with Crippen LogP contribution in [0.25, 0.3) is 11.1 Å². The predicted molar refractivity (Wildman–Crippen MR) is 148 cm³/mol. The zero-order valence-electron chi connectivity index (χ0n) is 23.1. The monoisotopic (exact) mass is 504 g/mol. The fourth-order valence-electron chi connectivity index (χ4n) is 6.90. The van der Waals surface area contributed by atoms with Crippen LogP contribution >= 0.6 is 0 Å². The normalized spacial score (nSPS) is 22.0. The highest BCUT2D eigenvalue weighted by molar-refractivity contribution is 5.95. The number of benzene rings is 2. The highest BCUT2D eigenvalue weighted by Crippen LogP contribution is 2.41. The summed E-state index contributed by atoms with van der Waals surface area (Å²) in [6, 6.07) is 10.9. The molecule has 2 bridgehead atoms. The second-order valence-corrected chi connectivity index (χ2v) is 12.0. The highest BCUT2D eigenvalue weighted by atomic mass is 16.5. The summed E-state index contributed by atoms with van der Waals surface area (Å²) in [5.74, 6) is 0.0628. The van der Waals surface area contributed by atoms with E-state index in [4.69, 9.17) is 4.74 Å². The van der Waals surface area contributed by atoms with Crippen molar-refractivity contribution in [1.82, 2.24) is 10.2 Å². The SMILES string of the molecule is Cc1cc2ccc1-c1ccc(C(O)NC3CCCCC3)c(C)c1C(C)(C)OCN(C1CCCCC1)C2=O. The molecule has 2 saturated carbocycles. The number of carbonyl (C=O) groups is 1. The maximum atomic E-state index is 13.7. The van der Waals surface area contributed by atoms with Gasteiger partial charge in [-0.15, -0.1) is 0 Å². The van der Waals surface area contributed by atoms with E-state index in [0.29, 0.717) is 6.04 Å². The van der Waals surface area contributed by atoms with Gasteiger partial charge in [-0.1, -0.05) is 56.7 Å². The average molecular weight is 505 g/mol. The van der Waals surface area contributed by atoms with Gasteiger partial charge in [-0.05, 0) is 98.9 Å². The Hall–Kier alpha value is -2.21. The molecule has 5 heteroatoms. The number of ether oxygens (including phenoxy) is 1. The van der Waals surface area contributed by atoms with Crippen molar-refractivity contribution in [2.75, 3.05) is 6.73 Å². The zero-order chi connectivity index (χ0) is 26.2. The molecule has 1 unspecified atom stereocenters. The number of nitrogens with one attached hydrogen (secondary N) is 1. The van der Waals surface area contributed by atoms with Gasteiger partial charge < -0.3 is 14.7 Å². The fraction of sp³-hybridized carbons (Fsp3) is 0.594. The minimum atomic E-state index is -0.717. The standard InChI is InChI=1S/C32H44N2O3/c1-21-19-23-15-16-26(21)28-18-17-27(30(35)33-24-11-7-5-8-12-24)22(2)29(28)32(3,4)37-20-34(31(23)36)25-13-9-6-10-14-25/h15-19,24-25,30,33,35H,5-14,20H2,1-4H3. The van der Waals surface area contributed by atoms with Crippen molar-refractivity contribution >= 4 is 5.91 Å². The van der Waals surface area contributed by atoms with Crippen molar-refractivity contribution in [3.05, 3.63) is 58.1 Å². The molecule has 0 spiro atoms. The molecule has 2 aromatic carbocycles. The van der Waals surface area contributed by atoms with Gasteiger partial charge >= 0.3 is 0 Å².